The summed E-state index contributed by atoms with van der Waals surface area (Å²) in [6, 6.07) is 0. The maximum absolute atomic E-state index is 5.07. The molecule has 76 valence electrons. The Morgan fingerprint density at radius 2 is 2.23 bits per heavy atom. The zero-order chi connectivity index (χ0) is 9.90. The summed E-state index contributed by atoms with van der Waals surface area (Å²) in [5.74, 6) is 0.840. The van der Waals surface area contributed by atoms with E-state index in [9.17, 15) is 0 Å². The van der Waals surface area contributed by atoms with Gasteiger partial charge < -0.3 is 4.74 Å². The highest BCUT2D eigenvalue weighted by molar-refractivity contribution is 5.09. The van der Waals surface area contributed by atoms with Crippen molar-refractivity contribution in [3.63, 3.8) is 0 Å². The molecule has 0 bridgehead atoms. The van der Waals surface area contributed by atoms with Crippen LogP contribution >= 0.6 is 0 Å². The summed E-state index contributed by atoms with van der Waals surface area (Å²) < 4.78 is 5.07. The normalized spacial score (nSPS) is 30.8. The van der Waals surface area contributed by atoms with Gasteiger partial charge in [-0.1, -0.05) is 32.4 Å². The topological polar surface area (TPSA) is 9.23 Å². The SMILES string of the molecule is COC/C=C1/CC(C)CC(C)(C)C1. The minimum atomic E-state index is 0.497. The maximum Gasteiger partial charge on any atom is 0.0646 e. The average Bonchev–Trinajstić information content (AvgIpc) is 1.97. The van der Waals surface area contributed by atoms with Crippen LogP contribution in [0.1, 0.15) is 40.0 Å². The maximum atomic E-state index is 5.07. The number of ether oxygens (including phenoxy) is 1. The smallest absolute Gasteiger partial charge is 0.0646 e. The third-order valence-electron chi connectivity index (χ3n) is 2.76. The molecule has 1 heteroatoms. The van der Waals surface area contributed by atoms with Crippen molar-refractivity contribution >= 4 is 0 Å². The number of hydrogen-bond donors (Lipinski definition) is 0. The highest BCUT2D eigenvalue weighted by Gasteiger charge is 2.27. The fourth-order valence-electron chi connectivity index (χ4n) is 2.58. The van der Waals surface area contributed by atoms with E-state index in [0.29, 0.717) is 5.41 Å². The standard InChI is InChI=1S/C12H22O/c1-10-7-11(5-6-13-4)9-12(2,3)8-10/h5,10H,6-9H2,1-4H3/b11-5-. The van der Waals surface area contributed by atoms with E-state index >= 15 is 0 Å². The molecule has 1 saturated carbocycles. The lowest BCUT2D eigenvalue weighted by Crippen LogP contribution is -2.22. The lowest BCUT2D eigenvalue weighted by atomic mass is 9.70. The molecule has 0 heterocycles. The zero-order valence-corrected chi connectivity index (χ0v) is 9.39. The van der Waals surface area contributed by atoms with Gasteiger partial charge in [-0.15, -0.1) is 0 Å². The van der Waals surface area contributed by atoms with Gasteiger partial charge in [0.2, 0.25) is 0 Å². The second kappa shape index (κ2) is 4.28. The second-order valence-corrected chi connectivity index (χ2v) is 5.17. The summed E-state index contributed by atoms with van der Waals surface area (Å²) in [6.07, 6.45) is 6.14. The molecule has 0 aromatic carbocycles. The molecule has 1 nitrogen and oxygen atoms in total. The molecule has 1 aliphatic carbocycles. The Labute approximate surface area is 82.2 Å². The Balaban J connectivity index is 2.57. The Hall–Kier alpha value is -0.300. The van der Waals surface area contributed by atoms with Crippen LogP contribution in [0.15, 0.2) is 11.6 Å². The molecule has 1 unspecified atom stereocenters. The van der Waals surface area contributed by atoms with E-state index < -0.39 is 0 Å². The van der Waals surface area contributed by atoms with Gasteiger partial charge in [-0.05, 0) is 30.6 Å². The lowest BCUT2D eigenvalue weighted by molar-refractivity contribution is 0.219. The monoisotopic (exact) mass is 182 g/mol. The molecule has 1 rings (SSSR count). The van der Waals surface area contributed by atoms with Crippen LogP contribution in [0, 0.1) is 11.3 Å². The number of allylic oxidation sites excluding steroid dienone is 1. The molecule has 1 aliphatic rings. The first kappa shape index (κ1) is 10.8. The van der Waals surface area contributed by atoms with E-state index in [1.54, 1.807) is 12.7 Å². The van der Waals surface area contributed by atoms with E-state index in [4.69, 9.17) is 4.74 Å². The first-order valence-corrected chi connectivity index (χ1v) is 5.20. The summed E-state index contributed by atoms with van der Waals surface area (Å²) in [6.45, 7) is 7.85. The highest BCUT2D eigenvalue weighted by atomic mass is 16.5. The number of hydrogen-bond acceptors (Lipinski definition) is 1. The zero-order valence-electron chi connectivity index (χ0n) is 9.39. The Kier molecular flexibility index (Phi) is 3.55. The molecule has 0 saturated heterocycles. The molecule has 13 heavy (non-hydrogen) atoms. The third kappa shape index (κ3) is 3.51. The quantitative estimate of drug-likeness (QED) is 0.595. The van der Waals surface area contributed by atoms with E-state index in [1.165, 1.54) is 19.3 Å². The first-order valence-electron chi connectivity index (χ1n) is 5.20. The van der Waals surface area contributed by atoms with Gasteiger partial charge in [0, 0.05) is 7.11 Å². The Morgan fingerprint density at radius 1 is 1.54 bits per heavy atom. The number of methoxy groups -OCH3 is 1. The van der Waals surface area contributed by atoms with Gasteiger partial charge in [0.15, 0.2) is 0 Å². The van der Waals surface area contributed by atoms with Gasteiger partial charge in [0.05, 0.1) is 6.61 Å². The molecule has 0 radical (unpaired) electrons. The van der Waals surface area contributed by atoms with Crippen LogP contribution in [0.5, 0.6) is 0 Å². The first-order chi connectivity index (χ1) is 6.03. The van der Waals surface area contributed by atoms with Gasteiger partial charge in [-0.3, -0.25) is 0 Å². The van der Waals surface area contributed by atoms with Crippen molar-refractivity contribution in [1.29, 1.82) is 0 Å². The second-order valence-electron chi connectivity index (χ2n) is 5.17. The predicted octanol–water partition coefficient (Wildman–Crippen LogP) is 3.41. The highest BCUT2D eigenvalue weighted by Crippen LogP contribution is 2.41. The fourth-order valence-corrected chi connectivity index (χ4v) is 2.58. The van der Waals surface area contributed by atoms with Crippen molar-refractivity contribution in [3.8, 4) is 0 Å². The van der Waals surface area contributed by atoms with Crippen LogP contribution in [0.3, 0.4) is 0 Å². The van der Waals surface area contributed by atoms with Crippen molar-refractivity contribution in [3.05, 3.63) is 11.6 Å². The van der Waals surface area contributed by atoms with Crippen LogP contribution in [0.25, 0.3) is 0 Å². The molecule has 0 spiro atoms. The van der Waals surface area contributed by atoms with Crippen LogP contribution in [0.2, 0.25) is 0 Å². The van der Waals surface area contributed by atoms with Gasteiger partial charge >= 0.3 is 0 Å². The number of rotatable bonds is 2. The van der Waals surface area contributed by atoms with Crippen LogP contribution < -0.4 is 0 Å². The van der Waals surface area contributed by atoms with Crippen molar-refractivity contribution < 1.29 is 4.74 Å². The van der Waals surface area contributed by atoms with Gasteiger partial charge in [-0.25, -0.2) is 0 Å². The largest absolute Gasteiger partial charge is 0.381 e. The summed E-state index contributed by atoms with van der Waals surface area (Å²) in [7, 11) is 1.76. The van der Waals surface area contributed by atoms with Crippen molar-refractivity contribution in [2.24, 2.45) is 11.3 Å². The van der Waals surface area contributed by atoms with Crippen LogP contribution in [-0.4, -0.2) is 13.7 Å². The molecular formula is C12H22O. The summed E-state index contributed by atoms with van der Waals surface area (Å²) in [5.41, 5.74) is 2.09. The van der Waals surface area contributed by atoms with Gasteiger partial charge in [0.1, 0.15) is 0 Å². The molecule has 1 atom stereocenters. The molecule has 0 aliphatic heterocycles. The third-order valence-corrected chi connectivity index (χ3v) is 2.76. The van der Waals surface area contributed by atoms with Crippen molar-refractivity contribution in [2.45, 2.75) is 40.0 Å². The molecule has 0 aromatic heterocycles. The minimum absolute atomic E-state index is 0.497. The molecule has 0 N–H and O–H groups in total. The van der Waals surface area contributed by atoms with Crippen LogP contribution in [0.4, 0.5) is 0 Å². The summed E-state index contributed by atoms with van der Waals surface area (Å²) in [4.78, 5) is 0. The van der Waals surface area contributed by atoms with Gasteiger partial charge in [0.25, 0.3) is 0 Å². The van der Waals surface area contributed by atoms with E-state index in [1.807, 2.05) is 0 Å². The molecule has 0 aromatic rings. The van der Waals surface area contributed by atoms with E-state index in [0.717, 1.165) is 12.5 Å². The molecule has 1 fully saturated rings. The molecule has 0 amide bonds. The minimum Gasteiger partial charge on any atom is -0.381 e. The predicted molar refractivity (Wildman–Crippen MR) is 56.8 cm³/mol. The van der Waals surface area contributed by atoms with Gasteiger partial charge in [-0.2, -0.15) is 0 Å². The van der Waals surface area contributed by atoms with E-state index in [-0.39, 0.29) is 0 Å². The van der Waals surface area contributed by atoms with E-state index in [2.05, 4.69) is 26.8 Å². The summed E-state index contributed by atoms with van der Waals surface area (Å²) >= 11 is 0. The molecular weight excluding hydrogens is 160 g/mol. The average molecular weight is 182 g/mol. The fraction of sp³-hybridized carbons (Fsp3) is 0.833. The Morgan fingerprint density at radius 3 is 2.77 bits per heavy atom. The summed E-state index contributed by atoms with van der Waals surface area (Å²) in [5, 5.41) is 0. The lowest BCUT2D eigenvalue weighted by Gasteiger charge is -2.35. The van der Waals surface area contributed by atoms with Crippen molar-refractivity contribution in [2.75, 3.05) is 13.7 Å². The Bertz CT molecular complexity index is 191. The van der Waals surface area contributed by atoms with Crippen molar-refractivity contribution in [1.82, 2.24) is 0 Å². The van der Waals surface area contributed by atoms with Crippen LogP contribution in [-0.2, 0) is 4.74 Å².